The van der Waals surface area contributed by atoms with Gasteiger partial charge in [-0.1, -0.05) is 6.07 Å². The zero-order valence-corrected chi connectivity index (χ0v) is 10.2. The van der Waals surface area contributed by atoms with Crippen LogP contribution in [0.15, 0.2) is 17.5 Å². The molecule has 2 rings (SSSR count). The van der Waals surface area contributed by atoms with E-state index in [1.54, 1.807) is 11.3 Å². The lowest BCUT2D eigenvalue weighted by Crippen LogP contribution is -2.41. The molecule has 2 heterocycles. The maximum absolute atomic E-state index is 11.8. The molecule has 3 nitrogen and oxygen atoms in total. The molecule has 0 saturated carbocycles. The topological polar surface area (TPSA) is 41.1 Å². The Balaban J connectivity index is 1.67. The number of piperidine rings is 1. The molecular weight excluding hydrogens is 220 g/mol. The van der Waals surface area contributed by atoms with E-state index in [9.17, 15) is 4.79 Å². The average molecular weight is 238 g/mol. The molecule has 0 aliphatic carbocycles. The van der Waals surface area contributed by atoms with Crippen LogP contribution < -0.4 is 10.6 Å². The molecule has 1 aromatic rings. The summed E-state index contributed by atoms with van der Waals surface area (Å²) in [6.45, 7) is 2.65. The van der Waals surface area contributed by atoms with Crippen molar-refractivity contribution < 1.29 is 4.79 Å². The van der Waals surface area contributed by atoms with E-state index in [2.05, 4.69) is 22.1 Å². The summed E-state index contributed by atoms with van der Waals surface area (Å²) >= 11 is 1.75. The molecule has 16 heavy (non-hydrogen) atoms. The van der Waals surface area contributed by atoms with Crippen molar-refractivity contribution >= 4 is 17.2 Å². The van der Waals surface area contributed by atoms with Crippen LogP contribution in [0.3, 0.4) is 0 Å². The van der Waals surface area contributed by atoms with E-state index in [1.165, 1.54) is 4.88 Å². The second-order valence-electron chi connectivity index (χ2n) is 4.16. The van der Waals surface area contributed by atoms with Crippen molar-refractivity contribution in [3.8, 4) is 0 Å². The normalized spacial score (nSPS) is 20.6. The van der Waals surface area contributed by atoms with Crippen molar-refractivity contribution in [3.05, 3.63) is 22.4 Å². The summed E-state index contributed by atoms with van der Waals surface area (Å²) in [6.07, 6.45) is 3.09. The van der Waals surface area contributed by atoms with E-state index < -0.39 is 0 Å². The summed E-state index contributed by atoms with van der Waals surface area (Å²) in [4.78, 5) is 13.1. The molecule has 1 aliphatic rings. The standard InChI is InChI=1S/C12H18N2OS/c15-12(10-3-1-6-13-9-10)14-7-5-11-4-2-8-16-11/h2,4,8,10,13H,1,3,5-7,9H2,(H,14,15)/t10-/m1/s1. The highest BCUT2D eigenvalue weighted by atomic mass is 32.1. The van der Waals surface area contributed by atoms with Crippen LogP contribution in [0.25, 0.3) is 0 Å². The third-order valence-corrected chi connectivity index (χ3v) is 3.85. The first kappa shape index (κ1) is 11.6. The molecule has 1 saturated heterocycles. The fourth-order valence-corrected chi connectivity index (χ4v) is 2.69. The van der Waals surface area contributed by atoms with Gasteiger partial charge in [0.2, 0.25) is 5.91 Å². The zero-order chi connectivity index (χ0) is 11.2. The highest BCUT2D eigenvalue weighted by Crippen LogP contribution is 2.10. The van der Waals surface area contributed by atoms with Gasteiger partial charge in [0.25, 0.3) is 0 Å². The SMILES string of the molecule is O=C(NCCc1cccs1)[C@@H]1CCCNC1. The molecule has 1 atom stereocenters. The Bertz CT molecular complexity index is 318. The van der Waals surface area contributed by atoms with Crippen LogP contribution in [-0.2, 0) is 11.2 Å². The molecule has 4 heteroatoms. The Morgan fingerprint density at radius 2 is 2.56 bits per heavy atom. The number of nitrogens with one attached hydrogen (secondary N) is 2. The molecular formula is C12H18N2OS. The molecule has 2 N–H and O–H groups in total. The van der Waals surface area contributed by atoms with E-state index in [4.69, 9.17) is 0 Å². The van der Waals surface area contributed by atoms with Crippen molar-refractivity contribution in [1.82, 2.24) is 10.6 Å². The second-order valence-corrected chi connectivity index (χ2v) is 5.20. The Labute approximate surface area is 100 Å². The van der Waals surface area contributed by atoms with Crippen LogP contribution in [0, 0.1) is 5.92 Å². The van der Waals surface area contributed by atoms with Crippen molar-refractivity contribution in [3.63, 3.8) is 0 Å². The van der Waals surface area contributed by atoms with E-state index in [-0.39, 0.29) is 11.8 Å². The Morgan fingerprint density at radius 3 is 3.25 bits per heavy atom. The molecule has 88 valence electrons. The second kappa shape index (κ2) is 6.01. The zero-order valence-electron chi connectivity index (χ0n) is 9.37. The number of rotatable bonds is 4. The fourth-order valence-electron chi connectivity index (χ4n) is 1.98. The van der Waals surface area contributed by atoms with E-state index in [0.29, 0.717) is 0 Å². The summed E-state index contributed by atoms with van der Waals surface area (Å²) in [6, 6.07) is 4.16. The number of thiophene rings is 1. The minimum atomic E-state index is 0.178. The van der Waals surface area contributed by atoms with Gasteiger partial charge >= 0.3 is 0 Å². The van der Waals surface area contributed by atoms with Crippen LogP contribution >= 0.6 is 11.3 Å². The van der Waals surface area contributed by atoms with Gasteiger partial charge in [0.1, 0.15) is 0 Å². The minimum Gasteiger partial charge on any atom is -0.355 e. The van der Waals surface area contributed by atoms with Crippen LogP contribution in [0.2, 0.25) is 0 Å². The highest BCUT2D eigenvalue weighted by molar-refractivity contribution is 7.09. The molecule has 0 radical (unpaired) electrons. The summed E-state index contributed by atoms with van der Waals surface area (Å²) in [7, 11) is 0. The maximum Gasteiger partial charge on any atom is 0.224 e. The van der Waals surface area contributed by atoms with Crippen molar-refractivity contribution in [2.24, 2.45) is 5.92 Å². The predicted octanol–water partition coefficient (Wildman–Crippen LogP) is 1.41. The first-order chi connectivity index (χ1) is 7.86. The summed E-state index contributed by atoms with van der Waals surface area (Å²) in [5, 5.41) is 8.35. The van der Waals surface area contributed by atoms with Gasteiger partial charge in [0.05, 0.1) is 5.92 Å². The van der Waals surface area contributed by atoms with Gasteiger partial charge in [0, 0.05) is 18.0 Å². The van der Waals surface area contributed by atoms with E-state index in [1.807, 2.05) is 6.07 Å². The lowest BCUT2D eigenvalue weighted by atomic mass is 9.99. The minimum absolute atomic E-state index is 0.178. The van der Waals surface area contributed by atoms with Crippen molar-refractivity contribution in [2.75, 3.05) is 19.6 Å². The molecule has 0 bridgehead atoms. The largest absolute Gasteiger partial charge is 0.355 e. The summed E-state index contributed by atoms with van der Waals surface area (Å²) < 4.78 is 0. The van der Waals surface area contributed by atoms with Crippen LogP contribution in [0.5, 0.6) is 0 Å². The van der Waals surface area contributed by atoms with E-state index >= 15 is 0 Å². The molecule has 1 aromatic heterocycles. The number of hydrogen-bond acceptors (Lipinski definition) is 3. The van der Waals surface area contributed by atoms with Gasteiger partial charge in [-0.3, -0.25) is 4.79 Å². The Morgan fingerprint density at radius 1 is 1.62 bits per heavy atom. The molecule has 0 spiro atoms. The third-order valence-electron chi connectivity index (χ3n) is 2.92. The van der Waals surface area contributed by atoms with Crippen LogP contribution in [-0.4, -0.2) is 25.5 Å². The van der Waals surface area contributed by atoms with Gasteiger partial charge in [-0.15, -0.1) is 11.3 Å². The quantitative estimate of drug-likeness (QED) is 0.832. The number of amides is 1. The Kier molecular flexibility index (Phi) is 4.36. The van der Waals surface area contributed by atoms with Crippen LogP contribution in [0.4, 0.5) is 0 Å². The highest BCUT2D eigenvalue weighted by Gasteiger charge is 2.19. The number of hydrogen-bond donors (Lipinski definition) is 2. The lowest BCUT2D eigenvalue weighted by molar-refractivity contribution is -0.125. The fraction of sp³-hybridized carbons (Fsp3) is 0.583. The first-order valence-corrected chi connectivity index (χ1v) is 6.75. The van der Waals surface area contributed by atoms with Crippen molar-refractivity contribution in [1.29, 1.82) is 0 Å². The number of carbonyl (C=O) groups is 1. The van der Waals surface area contributed by atoms with Gasteiger partial charge < -0.3 is 10.6 Å². The molecule has 1 amide bonds. The summed E-state index contributed by atoms with van der Waals surface area (Å²) in [5.74, 6) is 0.390. The van der Waals surface area contributed by atoms with Gasteiger partial charge in [-0.2, -0.15) is 0 Å². The van der Waals surface area contributed by atoms with Crippen molar-refractivity contribution in [2.45, 2.75) is 19.3 Å². The Hall–Kier alpha value is -0.870. The van der Waals surface area contributed by atoms with Gasteiger partial charge in [-0.05, 0) is 37.3 Å². The molecule has 1 aliphatic heterocycles. The molecule has 0 unspecified atom stereocenters. The van der Waals surface area contributed by atoms with Gasteiger partial charge in [0.15, 0.2) is 0 Å². The molecule has 0 aromatic carbocycles. The number of carbonyl (C=O) groups excluding carboxylic acids is 1. The molecule has 1 fully saturated rings. The van der Waals surface area contributed by atoms with E-state index in [0.717, 1.165) is 38.9 Å². The monoisotopic (exact) mass is 238 g/mol. The lowest BCUT2D eigenvalue weighted by Gasteiger charge is -2.21. The third kappa shape index (κ3) is 3.32. The first-order valence-electron chi connectivity index (χ1n) is 5.87. The smallest absolute Gasteiger partial charge is 0.224 e. The van der Waals surface area contributed by atoms with Gasteiger partial charge in [-0.25, -0.2) is 0 Å². The van der Waals surface area contributed by atoms with Crippen LogP contribution in [0.1, 0.15) is 17.7 Å². The average Bonchev–Trinajstić information content (AvgIpc) is 2.83. The predicted molar refractivity (Wildman–Crippen MR) is 66.6 cm³/mol. The summed E-state index contributed by atoms with van der Waals surface area (Å²) in [5.41, 5.74) is 0. The maximum atomic E-state index is 11.8.